The molecule has 7 nitrogen and oxygen atoms in total. The van der Waals surface area contributed by atoms with Gasteiger partial charge in [-0.3, -0.25) is 14.5 Å². The van der Waals surface area contributed by atoms with Gasteiger partial charge in [0.2, 0.25) is 11.8 Å². The average Bonchev–Trinajstić information content (AvgIpc) is 3.35. The van der Waals surface area contributed by atoms with E-state index in [-0.39, 0.29) is 29.9 Å². The highest BCUT2D eigenvalue weighted by molar-refractivity contribution is 8.00. The summed E-state index contributed by atoms with van der Waals surface area (Å²) in [4.78, 5) is 28.5. The van der Waals surface area contributed by atoms with Gasteiger partial charge >= 0.3 is 0 Å². The first-order valence-electron chi connectivity index (χ1n) is 14.3. The van der Waals surface area contributed by atoms with Gasteiger partial charge in [-0.25, -0.2) is 9.07 Å². The summed E-state index contributed by atoms with van der Waals surface area (Å²) in [6.07, 6.45) is 4.14. The number of thioether (sulfide) groups is 1. The van der Waals surface area contributed by atoms with Crippen LogP contribution < -0.4 is 15.0 Å². The molecule has 0 fully saturated rings. The molecule has 1 aliphatic rings. The molecule has 1 aliphatic heterocycles. The van der Waals surface area contributed by atoms with Crippen LogP contribution >= 0.6 is 11.8 Å². The molecule has 9 heteroatoms. The number of nitrogens with one attached hydrogen (secondary N) is 1. The number of unbranched alkanes of at least 4 members (excludes halogenated alkanes) is 3. The number of nitrogens with zero attached hydrogens (tertiary/aromatic N) is 3. The molecule has 0 bridgehead atoms. The highest BCUT2D eigenvalue weighted by Gasteiger charge is 2.38. The molecule has 2 amide bonds. The lowest BCUT2D eigenvalue weighted by Crippen LogP contribution is -2.42. The maximum atomic E-state index is 15.4. The first-order chi connectivity index (χ1) is 20.5. The van der Waals surface area contributed by atoms with E-state index in [2.05, 4.69) is 12.2 Å². The maximum Gasteiger partial charge on any atom is 0.240 e. The van der Waals surface area contributed by atoms with Gasteiger partial charge in [0.15, 0.2) is 0 Å². The predicted molar refractivity (Wildman–Crippen MR) is 166 cm³/mol. The molecule has 1 unspecified atom stereocenters. The van der Waals surface area contributed by atoms with E-state index in [4.69, 9.17) is 9.84 Å². The number of ether oxygens (including phenoxy) is 1. The first-order valence-corrected chi connectivity index (χ1v) is 15.3. The molecular formula is C33H35FN4O3S. The van der Waals surface area contributed by atoms with Crippen molar-refractivity contribution >= 4 is 29.4 Å². The van der Waals surface area contributed by atoms with Crippen LogP contribution in [-0.2, 0) is 9.59 Å². The molecule has 1 N–H and O–H groups in total. The summed E-state index contributed by atoms with van der Waals surface area (Å²) >= 11 is 1.35. The van der Waals surface area contributed by atoms with Crippen LogP contribution in [0.15, 0.2) is 78.9 Å². The Morgan fingerprint density at radius 1 is 1.02 bits per heavy atom. The molecule has 5 rings (SSSR count). The van der Waals surface area contributed by atoms with E-state index < -0.39 is 5.25 Å². The van der Waals surface area contributed by atoms with Crippen LogP contribution in [0, 0.1) is 5.82 Å². The Morgan fingerprint density at radius 3 is 2.48 bits per heavy atom. The van der Waals surface area contributed by atoms with E-state index in [1.165, 1.54) is 22.7 Å². The zero-order valence-corrected chi connectivity index (χ0v) is 24.7. The minimum absolute atomic E-state index is 0.0777. The van der Waals surface area contributed by atoms with Gasteiger partial charge in [0.1, 0.15) is 23.9 Å². The maximum absolute atomic E-state index is 15.4. The van der Waals surface area contributed by atoms with Crippen LogP contribution in [0.1, 0.15) is 49.0 Å². The van der Waals surface area contributed by atoms with Crippen molar-refractivity contribution in [1.29, 1.82) is 0 Å². The molecule has 0 spiro atoms. The highest BCUT2D eigenvalue weighted by Crippen LogP contribution is 2.49. The van der Waals surface area contributed by atoms with Gasteiger partial charge in [-0.2, -0.15) is 5.10 Å². The number of hydrogen-bond acceptors (Lipinski definition) is 5. The van der Waals surface area contributed by atoms with Crippen molar-refractivity contribution < 1.29 is 18.7 Å². The first kappa shape index (κ1) is 29.4. The molecule has 0 radical (unpaired) electrons. The van der Waals surface area contributed by atoms with Crippen LogP contribution in [0.3, 0.4) is 0 Å². The monoisotopic (exact) mass is 586 g/mol. The minimum atomic E-state index is -0.533. The fourth-order valence-corrected chi connectivity index (χ4v) is 6.36. The van der Waals surface area contributed by atoms with Crippen molar-refractivity contribution in [2.45, 2.75) is 37.9 Å². The van der Waals surface area contributed by atoms with Crippen molar-refractivity contribution in [2.75, 3.05) is 30.9 Å². The third kappa shape index (κ3) is 6.36. The topological polar surface area (TPSA) is 76.5 Å². The predicted octanol–water partition coefficient (Wildman–Crippen LogP) is 6.55. The number of aromatic nitrogens is 2. The normalized spacial score (nSPS) is 14.8. The van der Waals surface area contributed by atoms with Crippen molar-refractivity contribution in [2.24, 2.45) is 0 Å². The van der Waals surface area contributed by atoms with Crippen LogP contribution in [0.25, 0.3) is 16.9 Å². The third-order valence-corrected chi connectivity index (χ3v) is 8.53. The SMILES string of the molecule is CCCCCCNC(=O)CN1C(=O)CSC(c2ccccc2F)c2c(-c3ccccc3)nn(-c3ccc(OC)cc3)c21. The van der Waals surface area contributed by atoms with Gasteiger partial charge in [0.25, 0.3) is 0 Å². The fourth-order valence-electron chi connectivity index (χ4n) is 5.14. The highest BCUT2D eigenvalue weighted by atomic mass is 32.2. The van der Waals surface area contributed by atoms with Crippen molar-refractivity contribution in [3.8, 4) is 22.7 Å². The van der Waals surface area contributed by atoms with Crippen molar-refractivity contribution in [1.82, 2.24) is 15.1 Å². The second-order valence-corrected chi connectivity index (χ2v) is 11.3. The Kier molecular flexibility index (Phi) is 9.59. The van der Waals surface area contributed by atoms with Gasteiger partial charge in [0.05, 0.1) is 29.5 Å². The number of carbonyl (C=O) groups excluding carboxylic acids is 2. The second kappa shape index (κ2) is 13.7. The van der Waals surface area contributed by atoms with Gasteiger partial charge in [0, 0.05) is 23.2 Å². The quantitative estimate of drug-likeness (QED) is 0.202. The van der Waals surface area contributed by atoms with Gasteiger partial charge in [-0.15, -0.1) is 11.8 Å². The molecule has 0 aliphatic carbocycles. The second-order valence-electron chi connectivity index (χ2n) is 10.2. The summed E-state index contributed by atoms with van der Waals surface area (Å²) in [5, 5.41) is 7.48. The number of amides is 2. The van der Waals surface area contributed by atoms with Crippen LogP contribution in [-0.4, -0.2) is 47.5 Å². The van der Waals surface area contributed by atoms with Crippen LogP contribution in [0.5, 0.6) is 5.75 Å². The lowest BCUT2D eigenvalue weighted by Gasteiger charge is -2.23. The largest absolute Gasteiger partial charge is 0.497 e. The van der Waals surface area contributed by atoms with Gasteiger partial charge < -0.3 is 10.1 Å². The molecule has 3 aromatic carbocycles. The summed E-state index contributed by atoms with van der Waals surface area (Å²) < 4.78 is 22.4. The Balaban J connectivity index is 1.67. The molecule has 2 heterocycles. The minimum Gasteiger partial charge on any atom is -0.497 e. The molecule has 1 atom stereocenters. The van der Waals surface area contributed by atoms with Gasteiger partial charge in [-0.1, -0.05) is 74.7 Å². The van der Waals surface area contributed by atoms with E-state index in [9.17, 15) is 9.59 Å². The molecule has 1 aromatic heterocycles. The van der Waals surface area contributed by atoms with Gasteiger partial charge in [-0.05, 0) is 36.8 Å². The molecule has 0 saturated carbocycles. The molecule has 42 heavy (non-hydrogen) atoms. The Hall–Kier alpha value is -4.11. The molecule has 0 saturated heterocycles. The molecule has 4 aromatic rings. The Labute approximate surface area is 250 Å². The summed E-state index contributed by atoms with van der Waals surface area (Å²) in [6, 6.07) is 23.6. The van der Waals surface area contributed by atoms with E-state index >= 15 is 4.39 Å². The lowest BCUT2D eigenvalue weighted by molar-refractivity contribution is -0.122. The number of methoxy groups -OCH3 is 1. The van der Waals surface area contributed by atoms with E-state index in [1.807, 2.05) is 54.6 Å². The van der Waals surface area contributed by atoms with E-state index in [0.717, 1.165) is 31.2 Å². The fraction of sp³-hybridized carbons (Fsp3) is 0.303. The number of carbonyl (C=O) groups is 2. The van der Waals surface area contributed by atoms with E-state index in [1.54, 1.807) is 30.0 Å². The number of anilines is 1. The number of halogens is 1. The standard InChI is InChI=1S/C33H35FN4O3S/c1-3-4-5-11-20-35-28(39)21-37-29(40)22-42-32(26-14-9-10-15-27(26)34)30-31(23-12-7-6-8-13-23)36-38(33(30)37)24-16-18-25(41-2)19-17-24/h6-10,12-19,32H,3-5,11,20-22H2,1-2H3,(H,35,39). The summed E-state index contributed by atoms with van der Waals surface area (Å²) in [5.41, 5.74) is 3.30. The molecular weight excluding hydrogens is 551 g/mol. The zero-order valence-electron chi connectivity index (χ0n) is 23.9. The summed E-state index contributed by atoms with van der Waals surface area (Å²) in [7, 11) is 1.60. The third-order valence-electron chi connectivity index (χ3n) is 7.30. The zero-order chi connectivity index (χ0) is 29.5. The van der Waals surface area contributed by atoms with Crippen LogP contribution in [0.4, 0.5) is 10.2 Å². The Morgan fingerprint density at radius 2 is 1.76 bits per heavy atom. The van der Waals surface area contributed by atoms with E-state index in [0.29, 0.717) is 40.6 Å². The smallest absolute Gasteiger partial charge is 0.240 e. The number of fused-ring (bicyclic) bond motifs is 1. The van der Waals surface area contributed by atoms with Crippen LogP contribution in [0.2, 0.25) is 0 Å². The Bertz CT molecular complexity index is 1520. The summed E-state index contributed by atoms with van der Waals surface area (Å²) in [6.45, 7) is 2.52. The van der Waals surface area contributed by atoms with Crippen molar-refractivity contribution in [3.63, 3.8) is 0 Å². The number of rotatable bonds is 11. The lowest BCUT2D eigenvalue weighted by atomic mass is 9.99. The van der Waals surface area contributed by atoms with Crippen molar-refractivity contribution in [3.05, 3.63) is 95.8 Å². The molecule has 218 valence electrons. The average molecular weight is 587 g/mol. The summed E-state index contributed by atoms with van der Waals surface area (Å²) in [5.74, 6) is 0.370. The number of hydrogen-bond donors (Lipinski definition) is 1. The number of benzene rings is 3.